The number of Topliss-reactive ketones (excluding diaryl/α,β-unsaturated/α-hetero) is 1. The van der Waals surface area contributed by atoms with Crippen molar-refractivity contribution in [1.29, 1.82) is 0 Å². The van der Waals surface area contributed by atoms with E-state index in [1.54, 1.807) is 0 Å². The minimum Gasteiger partial charge on any atom is -0.449 e. The number of azide groups is 1. The van der Waals surface area contributed by atoms with E-state index in [4.69, 9.17) is 16.0 Å². The van der Waals surface area contributed by atoms with Gasteiger partial charge in [-0.15, -0.1) is 0 Å². The van der Waals surface area contributed by atoms with Gasteiger partial charge in [0.25, 0.3) is 0 Å². The van der Waals surface area contributed by atoms with Crippen LogP contribution in [0, 0.1) is 0 Å². The Kier molecular flexibility index (Phi) is 9.34. The monoisotopic (exact) mass is 257 g/mol. The lowest BCUT2D eigenvalue weighted by Gasteiger charge is -2.08. The topological polar surface area (TPSA) is 130 Å². The van der Waals surface area contributed by atoms with E-state index in [1.165, 1.54) is 6.92 Å². The molecule has 1 amide bonds. The Balaban J connectivity index is 3.40. The van der Waals surface area contributed by atoms with E-state index in [2.05, 4.69) is 15.3 Å². The third-order valence-corrected chi connectivity index (χ3v) is 2.22. The van der Waals surface area contributed by atoms with Crippen LogP contribution in [0.15, 0.2) is 5.11 Å². The molecule has 0 fully saturated rings. The molecule has 8 nitrogen and oxygen atoms in total. The number of nitrogens with two attached hydrogens (primary N) is 1. The molecular formula is C10H19N5O3. The van der Waals surface area contributed by atoms with Crippen LogP contribution < -0.4 is 11.1 Å². The SMILES string of the molecule is CC(=O)[C@@H](N)CCCCNC(=O)OCCN=[N+]=[N-]. The second-order valence-electron chi connectivity index (χ2n) is 3.73. The summed E-state index contributed by atoms with van der Waals surface area (Å²) < 4.78 is 4.72. The van der Waals surface area contributed by atoms with Crippen LogP contribution in [0.2, 0.25) is 0 Å². The summed E-state index contributed by atoms with van der Waals surface area (Å²) in [6, 6.07) is -0.416. The maximum Gasteiger partial charge on any atom is 0.407 e. The fraction of sp³-hybridized carbons (Fsp3) is 0.800. The number of nitrogens with one attached hydrogen (secondary N) is 1. The number of carbonyl (C=O) groups excluding carboxylic acids is 2. The maximum absolute atomic E-state index is 11.1. The van der Waals surface area contributed by atoms with E-state index < -0.39 is 12.1 Å². The molecule has 0 aliphatic heterocycles. The zero-order valence-corrected chi connectivity index (χ0v) is 10.5. The molecule has 8 heteroatoms. The molecule has 0 rings (SSSR count). The Morgan fingerprint density at radius 2 is 2.22 bits per heavy atom. The molecule has 0 aromatic carbocycles. The normalized spacial score (nSPS) is 11.2. The smallest absolute Gasteiger partial charge is 0.407 e. The summed E-state index contributed by atoms with van der Waals surface area (Å²) in [5.41, 5.74) is 13.5. The minimum absolute atomic E-state index is 0.0274. The number of rotatable bonds is 9. The number of alkyl carbamates (subject to hydrolysis) is 1. The van der Waals surface area contributed by atoms with Crippen LogP contribution in [-0.4, -0.2) is 37.6 Å². The Morgan fingerprint density at radius 3 is 2.83 bits per heavy atom. The van der Waals surface area contributed by atoms with Crippen molar-refractivity contribution in [3.8, 4) is 0 Å². The van der Waals surface area contributed by atoms with E-state index in [1.807, 2.05) is 0 Å². The molecule has 0 saturated heterocycles. The Hall–Kier alpha value is -1.79. The Bertz CT molecular complexity index is 315. The van der Waals surface area contributed by atoms with Crippen molar-refractivity contribution < 1.29 is 14.3 Å². The molecule has 0 aliphatic carbocycles. The first-order valence-electron chi connectivity index (χ1n) is 5.75. The highest BCUT2D eigenvalue weighted by Crippen LogP contribution is 1.99. The van der Waals surface area contributed by atoms with Gasteiger partial charge in [-0.1, -0.05) is 5.11 Å². The van der Waals surface area contributed by atoms with E-state index >= 15 is 0 Å². The number of hydrogen-bond donors (Lipinski definition) is 2. The van der Waals surface area contributed by atoms with Crippen molar-refractivity contribution in [3.63, 3.8) is 0 Å². The Morgan fingerprint density at radius 1 is 1.50 bits per heavy atom. The predicted octanol–water partition coefficient (Wildman–Crippen LogP) is 1.11. The zero-order chi connectivity index (χ0) is 13.8. The van der Waals surface area contributed by atoms with Crippen LogP contribution in [0.5, 0.6) is 0 Å². The molecule has 3 N–H and O–H groups in total. The molecule has 0 aromatic heterocycles. The van der Waals surface area contributed by atoms with Crippen LogP contribution in [0.25, 0.3) is 10.4 Å². The number of ether oxygens (including phenoxy) is 1. The summed E-state index contributed by atoms with van der Waals surface area (Å²) in [4.78, 5) is 24.4. The molecule has 0 aliphatic rings. The van der Waals surface area contributed by atoms with Gasteiger partial charge in [-0.3, -0.25) is 4.79 Å². The van der Waals surface area contributed by atoms with Gasteiger partial charge in [0, 0.05) is 11.5 Å². The number of unbranched alkanes of at least 4 members (excludes halogenated alkanes) is 1. The van der Waals surface area contributed by atoms with Crippen LogP contribution in [0.3, 0.4) is 0 Å². The summed E-state index contributed by atoms with van der Waals surface area (Å²) in [5, 5.41) is 5.76. The fourth-order valence-electron chi connectivity index (χ4n) is 1.16. The number of carbonyl (C=O) groups is 2. The molecule has 0 aromatic rings. The van der Waals surface area contributed by atoms with Crippen molar-refractivity contribution in [1.82, 2.24) is 5.32 Å². The van der Waals surface area contributed by atoms with E-state index in [0.717, 1.165) is 12.8 Å². The first-order chi connectivity index (χ1) is 8.57. The third kappa shape index (κ3) is 9.44. The van der Waals surface area contributed by atoms with Crippen LogP contribution in [0.1, 0.15) is 26.2 Å². The highest BCUT2D eigenvalue weighted by molar-refractivity contribution is 5.81. The van der Waals surface area contributed by atoms with Crippen molar-refractivity contribution >= 4 is 11.9 Å². The molecular weight excluding hydrogens is 238 g/mol. The fourth-order valence-corrected chi connectivity index (χ4v) is 1.16. The highest BCUT2D eigenvalue weighted by atomic mass is 16.5. The van der Waals surface area contributed by atoms with Gasteiger partial charge in [-0.05, 0) is 31.7 Å². The van der Waals surface area contributed by atoms with E-state index in [9.17, 15) is 9.59 Å². The average molecular weight is 257 g/mol. The average Bonchev–Trinajstić information content (AvgIpc) is 2.33. The first-order valence-corrected chi connectivity index (χ1v) is 5.75. The van der Waals surface area contributed by atoms with Crippen LogP contribution in [-0.2, 0) is 9.53 Å². The quantitative estimate of drug-likeness (QED) is 0.277. The van der Waals surface area contributed by atoms with Crippen molar-refractivity contribution in [3.05, 3.63) is 10.4 Å². The van der Waals surface area contributed by atoms with Gasteiger partial charge in [0.05, 0.1) is 19.2 Å². The highest BCUT2D eigenvalue weighted by Gasteiger charge is 2.07. The van der Waals surface area contributed by atoms with Crippen molar-refractivity contribution in [2.75, 3.05) is 19.7 Å². The predicted molar refractivity (Wildman–Crippen MR) is 65.9 cm³/mol. The molecule has 0 unspecified atom stereocenters. The molecule has 102 valence electrons. The molecule has 0 saturated carbocycles. The number of amides is 1. The summed E-state index contributed by atoms with van der Waals surface area (Å²) in [7, 11) is 0. The molecule has 0 heterocycles. The van der Waals surface area contributed by atoms with Gasteiger partial charge in [-0.25, -0.2) is 4.79 Å². The molecule has 0 bridgehead atoms. The van der Waals surface area contributed by atoms with Crippen molar-refractivity contribution in [2.24, 2.45) is 10.8 Å². The zero-order valence-electron chi connectivity index (χ0n) is 10.5. The second kappa shape index (κ2) is 10.4. The number of ketones is 1. The lowest BCUT2D eigenvalue weighted by molar-refractivity contribution is -0.118. The Labute approximate surface area is 105 Å². The largest absolute Gasteiger partial charge is 0.449 e. The summed E-state index contributed by atoms with van der Waals surface area (Å²) in [6.07, 6.45) is 1.56. The summed E-state index contributed by atoms with van der Waals surface area (Å²) in [5.74, 6) is -0.0274. The van der Waals surface area contributed by atoms with Gasteiger partial charge in [0.15, 0.2) is 0 Å². The van der Waals surface area contributed by atoms with E-state index in [0.29, 0.717) is 13.0 Å². The molecule has 0 radical (unpaired) electrons. The van der Waals surface area contributed by atoms with Gasteiger partial charge in [0.2, 0.25) is 0 Å². The van der Waals surface area contributed by atoms with Crippen molar-refractivity contribution in [2.45, 2.75) is 32.2 Å². The summed E-state index contributed by atoms with van der Waals surface area (Å²) in [6.45, 7) is 2.11. The first kappa shape index (κ1) is 16.2. The second-order valence-corrected chi connectivity index (χ2v) is 3.73. The summed E-state index contributed by atoms with van der Waals surface area (Å²) >= 11 is 0. The standard InChI is InChI=1S/C10H19N5O3/c1-8(16)9(11)4-2-3-5-13-10(17)18-7-6-14-15-12/h9H,2-7,11H2,1H3,(H,13,17)/t9-/m0/s1. The van der Waals surface area contributed by atoms with Gasteiger partial charge in [-0.2, -0.15) is 0 Å². The van der Waals surface area contributed by atoms with Crippen LogP contribution in [0.4, 0.5) is 4.79 Å². The third-order valence-electron chi connectivity index (χ3n) is 2.22. The molecule has 0 spiro atoms. The lowest BCUT2D eigenvalue weighted by atomic mass is 10.1. The van der Waals surface area contributed by atoms with Crippen LogP contribution >= 0.6 is 0 Å². The molecule has 18 heavy (non-hydrogen) atoms. The minimum atomic E-state index is -0.543. The number of hydrogen-bond acceptors (Lipinski definition) is 5. The number of nitrogens with zero attached hydrogens (tertiary/aromatic N) is 3. The van der Waals surface area contributed by atoms with Gasteiger partial charge >= 0.3 is 6.09 Å². The lowest BCUT2D eigenvalue weighted by Crippen LogP contribution is -2.29. The van der Waals surface area contributed by atoms with Gasteiger partial charge in [0.1, 0.15) is 5.78 Å². The van der Waals surface area contributed by atoms with Gasteiger partial charge < -0.3 is 15.8 Å². The van der Waals surface area contributed by atoms with E-state index in [-0.39, 0.29) is 18.9 Å². The molecule has 1 atom stereocenters. The maximum atomic E-state index is 11.1.